The Morgan fingerprint density at radius 2 is 2.00 bits per heavy atom. The van der Waals surface area contributed by atoms with E-state index in [2.05, 4.69) is 10.1 Å². The van der Waals surface area contributed by atoms with Crippen LogP contribution in [0.5, 0.6) is 5.75 Å². The van der Waals surface area contributed by atoms with Gasteiger partial charge in [-0.1, -0.05) is 0 Å². The highest BCUT2D eigenvalue weighted by Crippen LogP contribution is 2.11. The largest absolute Gasteiger partial charge is 0.508 e. The number of hydrogen-bond donors (Lipinski definition) is 3. The number of aromatic nitrogens is 3. The molecule has 1 aromatic carbocycles. The molecule has 0 spiro atoms. The van der Waals surface area contributed by atoms with Crippen molar-refractivity contribution in [2.45, 2.75) is 6.61 Å². The van der Waals surface area contributed by atoms with Crippen LogP contribution in [0.25, 0.3) is 5.69 Å². The standard InChI is InChI=1S/C9H9N3O3/c13-5-8-10-9(15)12(11-8)6-1-3-7(14)4-2-6/h1-4,13-14H,5H2,(H,10,11,15). The average Bonchev–Trinajstić information content (AvgIpc) is 2.61. The van der Waals surface area contributed by atoms with Gasteiger partial charge in [0, 0.05) is 0 Å². The number of aromatic amines is 1. The second-order valence-corrected chi connectivity index (χ2v) is 2.96. The van der Waals surface area contributed by atoms with Gasteiger partial charge in [0.25, 0.3) is 0 Å². The van der Waals surface area contributed by atoms with Crippen molar-refractivity contribution in [3.05, 3.63) is 40.6 Å². The van der Waals surface area contributed by atoms with Gasteiger partial charge in [-0.05, 0) is 24.3 Å². The zero-order valence-corrected chi connectivity index (χ0v) is 7.71. The maximum Gasteiger partial charge on any atom is 0.348 e. The molecule has 0 aliphatic rings. The van der Waals surface area contributed by atoms with E-state index in [0.29, 0.717) is 5.69 Å². The fourth-order valence-electron chi connectivity index (χ4n) is 1.21. The number of phenols is 1. The predicted molar refractivity (Wildman–Crippen MR) is 51.8 cm³/mol. The Morgan fingerprint density at radius 1 is 1.33 bits per heavy atom. The van der Waals surface area contributed by atoms with E-state index in [4.69, 9.17) is 10.2 Å². The highest BCUT2D eigenvalue weighted by Gasteiger charge is 2.05. The lowest BCUT2D eigenvalue weighted by atomic mass is 10.3. The maximum absolute atomic E-state index is 11.4. The first-order valence-corrected chi connectivity index (χ1v) is 4.29. The third-order valence-corrected chi connectivity index (χ3v) is 1.91. The van der Waals surface area contributed by atoms with E-state index in [1.807, 2.05) is 0 Å². The summed E-state index contributed by atoms with van der Waals surface area (Å²) < 4.78 is 1.12. The Bertz CT molecular complexity index is 512. The van der Waals surface area contributed by atoms with Gasteiger partial charge in [0.05, 0.1) is 5.69 Å². The summed E-state index contributed by atoms with van der Waals surface area (Å²) in [6, 6.07) is 6.02. The van der Waals surface area contributed by atoms with Crippen LogP contribution in [-0.2, 0) is 6.61 Å². The van der Waals surface area contributed by atoms with Crippen LogP contribution >= 0.6 is 0 Å². The predicted octanol–water partition coefficient (Wildman–Crippen LogP) is -0.242. The fraction of sp³-hybridized carbons (Fsp3) is 0.111. The van der Waals surface area contributed by atoms with Gasteiger partial charge >= 0.3 is 5.69 Å². The highest BCUT2D eigenvalue weighted by molar-refractivity contribution is 5.35. The summed E-state index contributed by atoms with van der Waals surface area (Å²) in [6.45, 7) is -0.319. The molecule has 0 radical (unpaired) electrons. The summed E-state index contributed by atoms with van der Waals surface area (Å²) in [5.41, 5.74) is 0.0958. The summed E-state index contributed by atoms with van der Waals surface area (Å²) in [5, 5.41) is 21.7. The van der Waals surface area contributed by atoms with E-state index in [-0.39, 0.29) is 18.2 Å². The van der Waals surface area contributed by atoms with Crippen molar-refractivity contribution in [2.75, 3.05) is 0 Å². The number of aliphatic hydroxyl groups is 1. The number of nitrogens with one attached hydrogen (secondary N) is 1. The van der Waals surface area contributed by atoms with Gasteiger partial charge in [0.1, 0.15) is 12.4 Å². The molecule has 0 atom stereocenters. The number of nitrogens with zero attached hydrogens (tertiary/aromatic N) is 2. The van der Waals surface area contributed by atoms with E-state index in [0.717, 1.165) is 4.68 Å². The van der Waals surface area contributed by atoms with Crippen molar-refractivity contribution >= 4 is 0 Å². The van der Waals surface area contributed by atoms with Gasteiger partial charge < -0.3 is 10.2 Å². The molecular formula is C9H9N3O3. The van der Waals surface area contributed by atoms with Crippen molar-refractivity contribution in [1.82, 2.24) is 14.8 Å². The smallest absolute Gasteiger partial charge is 0.348 e. The summed E-state index contributed by atoms with van der Waals surface area (Å²) in [6.07, 6.45) is 0. The van der Waals surface area contributed by atoms with Crippen LogP contribution in [0.1, 0.15) is 5.82 Å². The molecule has 2 rings (SSSR count). The van der Waals surface area contributed by atoms with Gasteiger partial charge in [-0.3, -0.25) is 4.98 Å². The summed E-state index contributed by atoms with van der Waals surface area (Å²) in [7, 11) is 0. The van der Waals surface area contributed by atoms with E-state index in [1.165, 1.54) is 12.1 Å². The molecule has 1 heterocycles. The Labute approximate surface area is 84.4 Å². The monoisotopic (exact) mass is 207 g/mol. The Morgan fingerprint density at radius 3 is 2.53 bits per heavy atom. The van der Waals surface area contributed by atoms with E-state index < -0.39 is 5.69 Å². The van der Waals surface area contributed by atoms with Crippen LogP contribution in [0.3, 0.4) is 0 Å². The van der Waals surface area contributed by atoms with Crippen LogP contribution in [0, 0.1) is 0 Å². The number of hydrogen-bond acceptors (Lipinski definition) is 4. The van der Waals surface area contributed by atoms with Gasteiger partial charge in [-0.25, -0.2) is 4.79 Å². The van der Waals surface area contributed by atoms with Crippen LogP contribution < -0.4 is 5.69 Å². The van der Waals surface area contributed by atoms with Gasteiger partial charge in [-0.15, -0.1) is 5.10 Å². The third-order valence-electron chi connectivity index (χ3n) is 1.91. The molecule has 0 saturated heterocycles. The van der Waals surface area contributed by atoms with E-state index >= 15 is 0 Å². The lowest BCUT2D eigenvalue weighted by Crippen LogP contribution is -2.15. The minimum absolute atomic E-state index is 0.115. The molecule has 0 bridgehead atoms. The lowest BCUT2D eigenvalue weighted by molar-refractivity contribution is 0.271. The summed E-state index contributed by atoms with van der Waals surface area (Å²) in [5.74, 6) is 0.317. The molecule has 0 fully saturated rings. The van der Waals surface area contributed by atoms with Crippen molar-refractivity contribution in [3.63, 3.8) is 0 Å². The van der Waals surface area contributed by atoms with Gasteiger partial charge in [0.15, 0.2) is 5.82 Å². The molecule has 1 aromatic heterocycles. The first-order valence-electron chi connectivity index (χ1n) is 4.29. The number of phenolic OH excluding ortho intramolecular Hbond substituents is 1. The Balaban J connectivity index is 2.49. The van der Waals surface area contributed by atoms with Crippen LogP contribution in [-0.4, -0.2) is 25.0 Å². The molecule has 0 aliphatic carbocycles. The number of aliphatic hydroxyl groups excluding tert-OH is 1. The van der Waals surface area contributed by atoms with Crippen molar-refractivity contribution < 1.29 is 10.2 Å². The lowest BCUT2D eigenvalue weighted by Gasteiger charge is -1.98. The molecule has 0 unspecified atom stereocenters. The molecule has 3 N–H and O–H groups in total. The van der Waals surface area contributed by atoms with E-state index in [9.17, 15) is 4.79 Å². The molecule has 15 heavy (non-hydrogen) atoms. The van der Waals surface area contributed by atoms with Crippen LogP contribution in [0.2, 0.25) is 0 Å². The molecule has 78 valence electrons. The SMILES string of the molecule is O=c1[nH]c(CO)nn1-c1ccc(O)cc1. The first kappa shape index (κ1) is 9.47. The topological polar surface area (TPSA) is 91.1 Å². The minimum atomic E-state index is -0.426. The Hall–Kier alpha value is -2.08. The molecule has 0 aliphatic heterocycles. The molecule has 2 aromatic rings. The molecular weight excluding hydrogens is 198 g/mol. The number of rotatable bonds is 2. The Kier molecular flexibility index (Phi) is 2.26. The maximum atomic E-state index is 11.4. The highest BCUT2D eigenvalue weighted by atomic mass is 16.3. The number of benzene rings is 1. The minimum Gasteiger partial charge on any atom is -0.508 e. The normalized spacial score (nSPS) is 10.5. The van der Waals surface area contributed by atoms with Gasteiger partial charge in [0.2, 0.25) is 0 Å². The molecule has 0 amide bonds. The second kappa shape index (κ2) is 3.58. The van der Waals surface area contributed by atoms with Crippen molar-refractivity contribution in [1.29, 1.82) is 0 Å². The van der Waals surface area contributed by atoms with E-state index in [1.54, 1.807) is 12.1 Å². The quantitative estimate of drug-likeness (QED) is 0.633. The van der Waals surface area contributed by atoms with Crippen LogP contribution in [0.4, 0.5) is 0 Å². The average molecular weight is 207 g/mol. The zero-order chi connectivity index (χ0) is 10.8. The third kappa shape index (κ3) is 1.75. The van der Waals surface area contributed by atoms with Crippen molar-refractivity contribution in [3.8, 4) is 11.4 Å². The summed E-state index contributed by atoms with van der Waals surface area (Å²) in [4.78, 5) is 13.7. The summed E-state index contributed by atoms with van der Waals surface area (Å²) >= 11 is 0. The number of H-pyrrole nitrogens is 1. The number of aromatic hydroxyl groups is 1. The first-order chi connectivity index (χ1) is 7.20. The fourth-order valence-corrected chi connectivity index (χ4v) is 1.21. The van der Waals surface area contributed by atoms with Gasteiger partial charge in [-0.2, -0.15) is 4.68 Å². The molecule has 6 nitrogen and oxygen atoms in total. The molecule has 6 heteroatoms. The van der Waals surface area contributed by atoms with Crippen molar-refractivity contribution in [2.24, 2.45) is 0 Å². The zero-order valence-electron chi connectivity index (χ0n) is 7.71. The van der Waals surface area contributed by atoms with Crippen LogP contribution in [0.15, 0.2) is 29.1 Å². The molecule has 0 saturated carbocycles. The second-order valence-electron chi connectivity index (χ2n) is 2.96.